The van der Waals surface area contributed by atoms with Gasteiger partial charge in [0.15, 0.2) is 11.5 Å². The zero-order valence-corrected chi connectivity index (χ0v) is 18.0. The van der Waals surface area contributed by atoms with Gasteiger partial charge in [0, 0.05) is 51.0 Å². The van der Waals surface area contributed by atoms with Crippen LogP contribution in [0.15, 0.2) is 52.0 Å². The molecule has 1 aliphatic carbocycles. The van der Waals surface area contributed by atoms with Crippen molar-refractivity contribution in [1.82, 2.24) is 9.88 Å². The van der Waals surface area contributed by atoms with Gasteiger partial charge >= 0.3 is 0 Å². The number of benzene rings is 1. The van der Waals surface area contributed by atoms with Gasteiger partial charge in [-0.3, -0.25) is 4.98 Å². The Kier molecular flexibility index (Phi) is 6.93. The van der Waals surface area contributed by atoms with Crippen LogP contribution < -0.4 is 15.2 Å². The zero-order chi connectivity index (χ0) is 20.1. The van der Waals surface area contributed by atoms with Crippen molar-refractivity contribution in [3.05, 3.63) is 47.2 Å². The third kappa shape index (κ3) is 5.04. The third-order valence-electron chi connectivity index (χ3n) is 4.33. The van der Waals surface area contributed by atoms with E-state index in [1.807, 2.05) is 30.5 Å². The first kappa shape index (κ1) is 20.6. The van der Waals surface area contributed by atoms with Crippen LogP contribution in [-0.2, 0) is 0 Å². The maximum absolute atomic E-state index is 5.99. The number of thioether (sulfide) groups is 1. The second-order valence-corrected chi connectivity index (χ2v) is 8.38. The van der Waals surface area contributed by atoms with E-state index in [0.29, 0.717) is 24.5 Å². The number of hydrogen-bond acceptors (Lipinski definition) is 7. The van der Waals surface area contributed by atoms with Crippen molar-refractivity contribution in [2.75, 3.05) is 34.4 Å². The largest absolute Gasteiger partial charge is 0.493 e. The summed E-state index contributed by atoms with van der Waals surface area (Å²) in [5, 5.41) is 1.02. The zero-order valence-electron chi connectivity index (χ0n) is 16.4. The lowest BCUT2D eigenvalue weighted by atomic mass is 10.1. The van der Waals surface area contributed by atoms with Crippen LogP contribution in [0.25, 0.3) is 10.9 Å². The molecular formula is C21H25N3O2S2. The van der Waals surface area contributed by atoms with Crippen molar-refractivity contribution in [2.45, 2.75) is 17.7 Å². The molecular weight excluding hydrogens is 390 g/mol. The van der Waals surface area contributed by atoms with Gasteiger partial charge in [-0.2, -0.15) is 0 Å². The number of allylic oxidation sites excluding steroid dienone is 3. The SMILES string of the molecule is COc1cc2c(SC3=CCC(=S)C(N)=C3)ccnc2cc1OCCCN(C)C. The molecule has 5 nitrogen and oxygen atoms in total. The van der Waals surface area contributed by atoms with E-state index in [4.69, 9.17) is 27.4 Å². The summed E-state index contributed by atoms with van der Waals surface area (Å²) < 4.78 is 11.5. The minimum absolute atomic E-state index is 0.630. The van der Waals surface area contributed by atoms with Crippen molar-refractivity contribution >= 4 is 39.7 Å². The molecule has 1 aliphatic rings. The van der Waals surface area contributed by atoms with Gasteiger partial charge in [-0.15, -0.1) is 0 Å². The highest BCUT2D eigenvalue weighted by molar-refractivity contribution is 8.03. The average molecular weight is 416 g/mol. The molecule has 0 radical (unpaired) electrons. The van der Waals surface area contributed by atoms with Crippen molar-refractivity contribution in [3.8, 4) is 11.5 Å². The standard InChI is InChI=1S/C21H25N3O2S2/c1-24(2)9-4-10-26-19-13-17-15(12-18(19)25-3)21(7-8-23-17)28-14-5-6-20(27)16(22)11-14/h5,7-8,11-13H,4,6,9-10,22H2,1-3H3. The average Bonchev–Trinajstić information content (AvgIpc) is 2.67. The summed E-state index contributed by atoms with van der Waals surface area (Å²) in [5.41, 5.74) is 7.53. The van der Waals surface area contributed by atoms with Crippen LogP contribution >= 0.6 is 24.0 Å². The van der Waals surface area contributed by atoms with E-state index in [0.717, 1.165) is 44.3 Å². The first-order chi connectivity index (χ1) is 13.5. The summed E-state index contributed by atoms with van der Waals surface area (Å²) in [5.74, 6) is 1.43. The molecule has 0 amide bonds. The molecule has 0 saturated carbocycles. The van der Waals surface area contributed by atoms with Gasteiger partial charge in [0.25, 0.3) is 0 Å². The van der Waals surface area contributed by atoms with E-state index in [2.05, 4.69) is 30.1 Å². The minimum Gasteiger partial charge on any atom is -0.493 e. The van der Waals surface area contributed by atoms with Crippen LogP contribution in [-0.4, -0.2) is 49.1 Å². The fourth-order valence-corrected chi connectivity index (χ4v) is 4.01. The Hall–Kier alpha value is -2.09. The van der Waals surface area contributed by atoms with Crippen molar-refractivity contribution in [3.63, 3.8) is 0 Å². The summed E-state index contributed by atoms with van der Waals surface area (Å²) in [6.07, 6.45) is 7.50. The summed E-state index contributed by atoms with van der Waals surface area (Å²) >= 11 is 6.89. The molecule has 1 heterocycles. The lowest BCUT2D eigenvalue weighted by Crippen LogP contribution is -2.15. The van der Waals surface area contributed by atoms with E-state index >= 15 is 0 Å². The maximum Gasteiger partial charge on any atom is 0.163 e. The highest BCUT2D eigenvalue weighted by atomic mass is 32.2. The molecule has 2 aromatic rings. The number of methoxy groups -OCH3 is 1. The topological polar surface area (TPSA) is 60.6 Å². The smallest absolute Gasteiger partial charge is 0.163 e. The van der Waals surface area contributed by atoms with Gasteiger partial charge in [-0.05, 0) is 38.7 Å². The molecule has 1 aromatic heterocycles. The molecule has 0 fully saturated rings. The highest BCUT2D eigenvalue weighted by Crippen LogP contribution is 2.39. The van der Waals surface area contributed by atoms with E-state index in [-0.39, 0.29) is 0 Å². The molecule has 0 atom stereocenters. The molecule has 0 aliphatic heterocycles. The Balaban J connectivity index is 1.85. The number of nitrogens with two attached hydrogens (primary N) is 1. The van der Waals surface area contributed by atoms with Crippen LogP contribution in [0.1, 0.15) is 12.8 Å². The van der Waals surface area contributed by atoms with E-state index in [1.54, 1.807) is 18.9 Å². The Labute approximate surface area is 175 Å². The molecule has 7 heteroatoms. The molecule has 2 N–H and O–H groups in total. The van der Waals surface area contributed by atoms with Crippen LogP contribution in [0.3, 0.4) is 0 Å². The number of hydrogen-bond donors (Lipinski definition) is 1. The maximum atomic E-state index is 5.99. The van der Waals surface area contributed by atoms with Crippen LogP contribution in [0.2, 0.25) is 0 Å². The molecule has 28 heavy (non-hydrogen) atoms. The molecule has 0 spiro atoms. The number of aromatic nitrogens is 1. The van der Waals surface area contributed by atoms with Crippen LogP contribution in [0.4, 0.5) is 0 Å². The number of pyridine rings is 1. The van der Waals surface area contributed by atoms with Gasteiger partial charge in [0.1, 0.15) is 0 Å². The first-order valence-electron chi connectivity index (χ1n) is 9.10. The van der Waals surface area contributed by atoms with Crippen LogP contribution in [0.5, 0.6) is 11.5 Å². The predicted molar refractivity (Wildman–Crippen MR) is 120 cm³/mol. The molecule has 148 valence electrons. The molecule has 0 unspecified atom stereocenters. The summed E-state index contributed by atoms with van der Waals surface area (Å²) in [6.45, 7) is 1.61. The quantitative estimate of drug-likeness (QED) is 0.513. The Bertz CT molecular complexity index is 939. The van der Waals surface area contributed by atoms with Crippen LogP contribution in [0, 0.1) is 0 Å². The van der Waals surface area contributed by atoms with Crippen molar-refractivity contribution in [1.29, 1.82) is 0 Å². The monoisotopic (exact) mass is 415 g/mol. The lowest BCUT2D eigenvalue weighted by molar-refractivity contribution is 0.268. The molecule has 3 rings (SSSR count). The number of rotatable bonds is 8. The van der Waals surface area contributed by atoms with Crippen molar-refractivity contribution in [2.24, 2.45) is 5.73 Å². The van der Waals surface area contributed by atoms with E-state index in [1.165, 1.54) is 0 Å². The predicted octanol–water partition coefficient (Wildman–Crippen LogP) is 4.17. The Morgan fingerprint density at radius 1 is 1.29 bits per heavy atom. The van der Waals surface area contributed by atoms with E-state index in [9.17, 15) is 0 Å². The molecule has 0 bridgehead atoms. The third-order valence-corrected chi connectivity index (χ3v) is 5.83. The molecule has 0 saturated heterocycles. The summed E-state index contributed by atoms with van der Waals surface area (Å²) in [4.78, 5) is 9.62. The van der Waals surface area contributed by atoms with Gasteiger partial charge in [0.2, 0.25) is 0 Å². The highest BCUT2D eigenvalue weighted by Gasteiger charge is 2.14. The summed E-state index contributed by atoms with van der Waals surface area (Å²) in [6, 6.07) is 5.94. The van der Waals surface area contributed by atoms with Gasteiger partial charge in [-0.1, -0.05) is 30.1 Å². The summed E-state index contributed by atoms with van der Waals surface area (Å²) in [7, 11) is 5.76. The Morgan fingerprint density at radius 3 is 2.82 bits per heavy atom. The molecule has 1 aromatic carbocycles. The fraction of sp³-hybridized carbons (Fsp3) is 0.333. The van der Waals surface area contributed by atoms with E-state index < -0.39 is 0 Å². The minimum atomic E-state index is 0.630. The lowest BCUT2D eigenvalue weighted by Gasteiger charge is -2.15. The number of fused-ring (bicyclic) bond motifs is 1. The fourth-order valence-electron chi connectivity index (χ4n) is 2.85. The first-order valence-corrected chi connectivity index (χ1v) is 10.3. The normalized spacial score (nSPS) is 14.2. The second-order valence-electron chi connectivity index (χ2n) is 6.77. The Morgan fingerprint density at radius 2 is 2.11 bits per heavy atom. The van der Waals surface area contributed by atoms with Gasteiger partial charge in [0.05, 0.1) is 19.2 Å². The van der Waals surface area contributed by atoms with Gasteiger partial charge in [-0.25, -0.2) is 0 Å². The number of thiocarbonyl (C=S) groups is 1. The number of ether oxygens (including phenoxy) is 2. The van der Waals surface area contributed by atoms with Crippen molar-refractivity contribution < 1.29 is 9.47 Å². The second kappa shape index (κ2) is 9.41. The number of nitrogens with zero attached hydrogens (tertiary/aromatic N) is 2. The van der Waals surface area contributed by atoms with Gasteiger partial charge < -0.3 is 20.1 Å².